The molecular formula is C42H61N3O7S2. The molecule has 0 aromatic heterocycles. The van der Waals surface area contributed by atoms with Gasteiger partial charge in [-0.2, -0.15) is 8.61 Å². The van der Waals surface area contributed by atoms with Gasteiger partial charge in [0.2, 0.25) is 26.0 Å². The molecular weight excluding hydrogens is 723 g/mol. The zero-order chi connectivity index (χ0) is 40.4. The standard InChI is InChI=1S/C42H61N3O7S2/c1-30-25-32(3)40(33(4)26-30)53(49,50)44(24-14-21-43-38(46)15-10-11-16-39(47)48)22-12-13-23-45(29-36-17-19-37(20-18-36)42(7,8)9)54(51,52)41-34(5)27-31(2)28-35(41)6/h17-20,25-28H,10-16,21-24,29H2,1-9H3,(H,43,46)(H,47,48). The van der Waals surface area contributed by atoms with Gasteiger partial charge in [0.25, 0.3) is 0 Å². The molecule has 0 saturated carbocycles. The van der Waals surface area contributed by atoms with Crippen molar-refractivity contribution in [2.24, 2.45) is 0 Å². The van der Waals surface area contributed by atoms with E-state index < -0.39 is 26.0 Å². The number of aryl methyl sites for hydroxylation is 6. The second-order valence-electron chi connectivity index (χ2n) is 15.7. The van der Waals surface area contributed by atoms with Crippen LogP contribution in [0.15, 0.2) is 58.3 Å². The van der Waals surface area contributed by atoms with E-state index in [2.05, 4.69) is 26.1 Å². The molecule has 0 aliphatic heterocycles. The number of hydrogen-bond acceptors (Lipinski definition) is 6. The maximum atomic E-state index is 14.4. The molecule has 0 spiro atoms. The number of amides is 1. The topological polar surface area (TPSA) is 141 Å². The average molecular weight is 784 g/mol. The van der Waals surface area contributed by atoms with E-state index in [-0.39, 0.29) is 61.8 Å². The predicted octanol–water partition coefficient (Wildman–Crippen LogP) is 7.65. The Morgan fingerprint density at radius 2 is 1.06 bits per heavy atom. The van der Waals surface area contributed by atoms with E-state index in [1.165, 1.54) is 8.61 Å². The fraction of sp³-hybridized carbons (Fsp3) is 0.524. The van der Waals surface area contributed by atoms with Gasteiger partial charge in [-0.15, -0.1) is 0 Å². The van der Waals surface area contributed by atoms with E-state index in [1.807, 2.05) is 76.2 Å². The number of aliphatic carboxylic acids is 1. The highest BCUT2D eigenvalue weighted by Gasteiger charge is 2.30. The van der Waals surface area contributed by atoms with Gasteiger partial charge in [-0.1, -0.05) is 80.4 Å². The molecule has 0 atom stereocenters. The van der Waals surface area contributed by atoms with E-state index >= 15 is 0 Å². The lowest BCUT2D eigenvalue weighted by molar-refractivity contribution is -0.137. The first-order valence-electron chi connectivity index (χ1n) is 18.9. The number of benzene rings is 3. The molecule has 0 unspecified atom stereocenters. The second kappa shape index (κ2) is 19.3. The van der Waals surface area contributed by atoms with Gasteiger partial charge in [-0.05, 0) is 112 Å². The maximum Gasteiger partial charge on any atom is 0.303 e. The van der Waals surface area contributed by atoms with Gasteiger partial charge in [0.1, 0.15) is 0 Å². The van der Waals surface area contributed by atoms with Crippen molar-refractivity contribution in [2.75, 3.05) is 26.2 Å². The predicted molar refractivity (Wildman–Crippen MR) is 216 cm³/mol. The van der Waals surface area contributed by atoms with Crippen LogP contribution in [0.4, 0.5) is 0 Å². The third-order valence-electron chi connectivity index (χ3n) is 9.60. The highest BCUT2D eigenvalue weighted by molar-refractivity contribution is 7.89. The molecule has 10 nitrogen and oxygen atoms in total. The Labute approximate surface area is 324 Å². The van der Waals surface area contributed by atoms with Crippen LogP contribution in [0, 0.1) is 41.5 Å². The number of carboxylic acid groups (broad SMARTS) is 1. The molecule has 298 valence electrons. The van der Waals surface area contributed by atoms with Crippen molar-refractivity contribution in [1.82, 2.24) is 13.9 Å². The average Bonchev–Trinajstić information content (AvgIpc) is 3.03. The van der Waals surface area contributed by atoms with Gasteiger partial charge < -0.3 is 10.4 Å². The van der Waals surface area contributed by atoms with Crippen LogP contribution in [0.5, 0.6) is 0 Å². The molecule has 0 aliphatic carbocycles. The number of nitrogens with one attached hydrogen (secondary N) is 1. The maximum absolute atomic E-state index is 14.4. The SMILES string of the molecule is Cc1cc(C)c(S(=O)(=O)N(CCCCN(Cc2ccc(C(C)(C)C)cc2)S(=O)(=O)c2c(C)cc(C)cc2C)CCCNC(=O)CCCCC(=O)O)c(C)c1. The van der Waals surface area contributed by atoms with Crippen molar-refractivity contribution in [1.29, 1.82) is 0 Å². The Bertz CT molecular complexity index is 1940. The number of nitrogens with zero attached hydrogens (tertiary/aromatic N) is 2. The molecule has 2 N–H and O–H groups in total. The van der Waals surface area contributed by atoms with Crippen molar-refractivity contribution >= 4 is 31.9 Å². The van der Waals surface area contributed by atoms with Gasteiger partial charge in [0.15, 0.2) is 0 Å². The first kappa shape index (κ1) is 44.8. The summed E-state index contributed by atoms with van der Waals surface area (Å²) in [5.41, 5.74) is 6.63. The molecule has 3 aromatic carbocycles. The zero-order valence-corrected chi connectivity index (χ0v) is 35.3. The van der Waals surface area contributed by atoms with Crippen LogP contribution in [0.25, 0.3) is 0 Å². The zero-order valence-electron chi connectivity index (χ0n) is 33.7. The lowest BCUT2D eigenvalue weighted by atomic mass is 9.87. The highest BCUT2D eigenvalue weighted by Crippen LogP contribution is 2.29. The van der Waals surface area contributed by atoms with Crippen molar-refractivity contribution in [3.05, 3.63) is 93.0 Å². The van der Waals surface area contributed by atoms with Crippen molar-refractivity contribution in [3.63, 3.8) is 0 Å². The van der Waals surface area contributed by atoms with E-state index in [1.54, 1.807) is 13.8 Å². The van der Waals surface area contributed by atoms with Crippen molar-refractivity contribution < 1.29 is 31.5 Å². The minimum absolute atomic E-state index is 0.0113. The van der Waals surface area contributed by atoms with Crippen LogP contribution in [0.3, 0.4) is 0 Å². The molecule has 3 rings (SSSR count). The van der Waals surface area contributed by atoms with E-state index in [0.29, 0.717) is 59.3 Å². The van der Waals surface area contributed by atoms with E-state index in [4.69, 9.17) is 5.11 Å². The minimum atomic E-state index is -3.92. The fourth-order valence-electron chi connectivity index (χ4n) is 7.07. The van der Waals surface area contributed by atoms with E-state index in [9.17, 15) is 26.4 Å². The molecule has 0 saturated heterocycles. The molecule has 0 bridgehead atoms. The fourth-order valence-corrected chi connectivity index (χ4v) is 10.9. The number of hydrogen-bond donors (Lipinski definition) is 2. The highest BCUT2D eigenvalue weighted by atomic mass is 32.2. The third kappa shape index (κ3) is 12.5. The molecule has 3 aromatic rings. The van der Waals surface area contributed by atoms with Crippen LogP contribution in [0.2, 0.25) is 0 Å². The van der Waals surface area contributed by atoms with Crippen LogP contribution >= 0.6 is 0 Å². The molecule has 1 amide bonds. The first-order valence-corrected chi connectivity index (χ1v) is 21.8. The van der Waals surface area contributed by atoms with Gasteiger partial charge in [0, 0.05) is 45.6 Å². The summed E-state index contributed by atoms with van der Waals surface area (Å²) in [6.07, 6.45) is 2.31. The minimum Gasteiger partial charge on any atom is -0.481 e. The smallest absolute Gasteiger partial charge is 0.303 e. The Balaban J connectivity index is 1.83. The van der Waals surface area contributed by atoms with Gasteiger partial charge >= 0.3 is 5.97 Å². The molecule has 54 heavy (non-hydrogen) atoms. The summed E-state index contributed by atoms with van der Waals surface area (Å²) in [7, 11) is -7.83. The summed E-state index contributed by atoms with van der Waals surface area (Å²) in [5, 5.41) is 11.7. The molecule has 12 heteroatoms. The summed E-state index contributed by atoms with van der Waals surface area (Å²) >= 11 is 0. The monoisotopic (exact) mass is 783 g/mol. The van der Waals surface area contributed by atoms with Crippen LogP contribution in [-0.4, -0.2) is 68.6 Å². The van der Waals surface area contributed by atoms with Crippen LogP contribution in [0.1, 0.15) is 110 Å². The summed E-state index contributed by atoms with van der Waals surface area (Å²) in [6.45, 7) is 18.5. The Morgan fingerprint density at radius 3 is 1.52 bits per heavy atom. The molecule has 0 fully saturated rings. The summed E-state index contributed by atoms with van der Waals surface area (Å²) < 4.78 is 60.2. The van der Waals surface area contributed by atoms with E-state index in [0.717, 1.165) is 22.3 Å². The lowest BCUT2D eigenvalue weighted by Crippen LogP contribution is -2.37. The van der Waals surface area contributed by atoms with Gasteiger partial charge in [-0.25, -0.2) is 16.8 Å². The number of unbranched alkanes of at least 4 members (excludes halogenated alkanes) is 2. The number of carbonyl (C=O) groups excluding carboxylic acids is 1. The Morgan fingerprint density at radius 1 is 0.630 bits per heavy atom. The normalized spacial score (nSPS) is 12.4. The van der Waals surface area contributed by atoms with Crippen LogP contribution < -0.4 is 5.32 Å². The third-order valence-corrected chi connectivity index (χ3v) is 14.0. The largest absolute Gasteiger partial charge is 0.481 e. The second-order valence-corrected chi connectivity index (χ2v) is 19.4. The first-order chi connectivity index (χ1) is 25.1. The number of carbonyl (C=O) groups is 2. The molecule has 0 radical (unpaired) electrons. The summed E-state index contributed by atoms with van der Waals surface area (Å²) in [4.78, 5) is 23.7. The van der Waals surface area contributed by atoms with Crippen LogP contribution in [-0.2, 0) is 41.6 Å². The van der Waals surface area contributed by atoms with Gasteiger partial charge in [-0.3, -0.25) is 9.59 Å². The lowest BCUT2D eigenvalue weighted by Gasteiger charge is -2.27. The number of sulfonamides is 2. The molecule has 0 heterocycles. The van der Waals surface area contributed by atoms with Crippen molar-refractivity contribution in [3.8, 4) is 0 Å². The Hall–Kier alpha value is -3.58. The number of rotatable bonds is 20. The van der Waals surface area contributed by atoms with Gasteiger partial charge in [0.05, 0.1) is 9.79 Å². The number of carboxylic acids is 1. The summed E-state index contributed by atoms with van der Waals surface area (Å²) in [6, 6.07) is 15.5. The summed E-state index contributed by atoms with van der Waals surface area (Å²) in [5.74, 6) is -1.10. The Kier molecular flexibility index (Phi) is 16.0. The quantitative estimate of drug-likeness (QED) is 0.112. The van der Waals surface area contributed by atoms with Crippen molar-refractivity contribution in [2.45, 2.75) is 129 Å². The molecule has 0 aliphatic rings.